The predicted molar refractivity (Wildman–Crippen MR) is 121 cm³/mol. The van der Waals surface area contributed by atoms with E-state index in [1.165, 1.54) is 28.8 Å². The smallest absolute Gasteiger partial charge is 0.416 e. The SMILES string of the molecule is O=C(O)COc1ccc(CCCc2ccc(-c3ccc(C(F)(F)F)cc3)cc2)c2c1CCC2. The number of fused-ring (bicyclic) bond motifs is 1. The summed E-state index contributed by atoms with van der Waals surface area (Å²) in [6.45, 7) is -0.325. The van der Waals surface area contributed by atoms with Crippen molar-refractivity contribution in [2.75, 3.05) is 6.61 Å². The van der Waals surface area contributed by atoms with E-state index < -0.39 is 17.7 Å². The summed E-state index contributed by atoms with van der Waals surface area (Å²) in [6.07, 6.45) is 1.46. The highest BCUT2D eigenvalue weighted by Gasteiger charge is 2.30. The van der Waals surface area contributed by atoms with E-state index in [0.717, 1.165) is 67.3 Å². The molecule has 0 aliphatic heterocycles. The van der Waals surface area contributed by atoms with Crippen molar-refractivity contribution >= 4 is 5.97 Å². The molecule has 0 radical (unpaired) electrons. The predicted octanol–water partition coefficient (Wildman–Crippen LogP) is 6.50. The average molecular weight is 454 g/mol. The number of carboxylic acid groups (broad SMARTS) is 1. The maximum absolute atomic E-state index is 12.7. The Kier molecular flexibility index (Phi) is 6.72. The van der Waals surface area contributed by atoms with Crippen LogP contribution in [0.25, 0.3) is 11.1 Å². The van der Waals surface area contributed by atoms with Crippen molar-refractivity contribution in [3.63, 3.8) is 0 Å². The fourth-order valence-electron chi connectivity index (χ4n) is 4.45. The molecule has 172 valence electrons. The molecule has 0 aromatic heterocycles. The normalized spacial score (nSPS) is 13.1. The summed E-state index contributed by atoms with van der Waals surface area (Å²) in [5.74, 6) is -0.289. The fourth-order valence-corrected chi connectivity index (χ4v) is 4.45. The van der Waals surface area contributed by atoms with Crippen molar-refractivity contribution in [1.82, 2.24) is 0 Å². The number of aryl methyl sites for hydroxylation is 2. The summed E-state index contributed by atoms with van der Waals surface area (Å²) < 4.78 is 43.7. The van der Waals surface area contributed by atoms with Gasteiger partial charge in [0.1, 0.15) is 5.75 Å². The van der Waals surface area contributed by atoms with Gasteiger partial charge in [-0.25, -0.2) is 4.79 Å². The minimum Gasteiger partial charge on any atom is -0.482 e. The molecule has 0 heterocycles. The first-order valence-electron chi connectivity index (χ1n) is 11.1. The zero-order valence-corrected chi connectivity index (χ0v) is 18.1. The molecular formula is C27H25F3O3. The first-order chi connectivity index (χ1) is 15.8. The second kappa shape index (κ2) is 9.69. The van der Waals surface area contributed by atoms with Gasteiger partial charge in [-0.1, -0.05) is 42.5 Å². The highest BCUT2D eigenvalue weighted by Crippen LogP contribution is 2.34. The van der Waals surface area contributed by atoms with Crippen LogP contribution in [-0.2, 0) is 36.7 Å². The lowest BCUT2D eigenvalue weighted by molar-refractivity contribution is -0.139. The summed E-state index contributed by atoms with van der Waals surface area (Å²) in [4.78, 5) is 10.8. The number of rotatable bonds is 8. The number of aliphatic carboxylic acids is 1. The van der Waals surface area contributed by atoms with Crippen LogP contribution in [0, 0.1) is 0 Å². The maximum Gasteiger partial charge on any atom is 0.416 e. The molecule has 6 heteroatoms. The van der Waals surface area contributed by atoms with Crippen LogP contribution < -0.4 is 4.74 Å². The van der Waals surface area contributed by atoms with E-state index in [9.17, 15) is 18.0 Å². The highest BCUT2D eigenvalue weighted by molar-refractivity contribution is 5.68. The van der Waals surface area contributed by atoms with Gasteiger partial charge >= 0.3 is 12.1 Å². The van der Waals surface area contributed by atoms with Gasteiger partial charge in [0.05, 0.1) is 5.56 Å². The average Bonchev–Trinajstić information content (AvgIpc) is 3.29. The van der Waals surface area contributed by atoms with Crippen molar-refractivity contribution in [2.24, 2.45) is 0 Å². The molecule has 0 saturated heterocycles. The van der Waals surface area contributed by atoms with E-state index in [4.69, 9.17) is 9.84 Å². The minimum atomic E-state index is -4.33. The Morgan fingerprint density at radius 1 is 0.848 bits per heavy atom. The van der Waals surface area contributed by atoms with Gasteiger partial charge in [0.25, 0.3) is 0 Å². The number of benzene rings is 3. The third-order valence-corrected chi connectivity index (χ3v) is 6.10. The van der Waals surface area contributed by atoms with E-state index in [1.54, 1.807) is 0 Å². The number of hydrogen-bond acceptors (Lipinski definition) is 2. The Bertz CT molecular complexity index is 1120. The van der Waals surface area contributed by atoms with E-state index in [0.29, 0.717) is 5.75 Å². The summed E-state index contributed by atoms with van der Waals surface area (Å²) in [5.41, 5.74) is 5.94. The lowest BCUT2D eigenvalue weighted by Gasteiger charge is -2.13. The molecule has 0 saturated carbocycles. The van der Waals surface area contributed by atoms with Gasteiger partial charge < -0.3 is 9.84 Å². The summed E-state index contributed by atoms with van der Waals surface area (Å²) >= 11 is 0. The molecule has 0 spiro atoms. The third-order valence-electron chi connectivity index (χ3n) is 6.10. The van der Waals surface area contributed by atoms with E-state index in [2.05, 4.69) is 6.07 Å². The van der Waals surface area contributed by atoms with Crippen molar-refractivity contribution in [1.29, 1.82) is 0 Å². The van der Waals surface area contributed by atoms with Crippen LogP contribution in [0.2, 0.25) is 0 Å². The number of halogens is 3. The number of carbonyl (C=O) groups is 1. The lowest BCUT2D eigenvalue weighted by Crippen LogP contribution is -2.11. The van der Waals surface area contributed by atoms with Gasteiger partial charge in [0, 0.05) is 0 Å². The maximum atomic E-state index is 12.7. The van der Waals surface area contributed by atoms with Crippen LogP contribution in [0.5, 0.6) is 5.75 Å². The van der Waals surface area contributed by atoms with Crippen LogP contribution in [0.15, 0.2) is 60.7 Å². The molecule has 1 aliphatic carbocycles. The first-order valence-corrected chi connectivity index (χ1v) is 11.1. The molecule has 0 unspecified atom stereocenters. The Hall–Kier alpha value is -3.28. The molecule has 0 amide bonds. The Morgan fingerprint density at radius 3 is 2.12 bits per heavy atom. The van der Waals surface area contributed by atoms with Crippen LogP contribution in [0.3, 0.4) is 0 Å². The molecule has 1 N–H and O–H groups in total. The molecule has 1 aliphatic rings. The van der Waals surface area contributed by atoms with Crippen molar-refractivity contribution in [3.05, 3.63) is 88.5 Å². The summed E-state index contributed by atoms with van der Waals surface area (Å²) in [7, 11) is 0. The van der Waals surface area contributed by atoms with Crippen LogP contribution in [-0.4, -0.2) is 17.7 Å². The van der Waals surface area contributed by atoms with Crippen LogP contribution >= 0.6 is 0 Å². The summed E-state index contributed by atoms with van der Waals surface area (Å²) in [6, 6.07) is 17.1. The molecule has 3 aromatic carbocycles. The quantitative estimate of drug-likeness (QED) is 0.423. The molecule has 3 nitrogen and oxygen atoms in total. The van der Waals surface area contributed by atoms with E-state index >= 15 is 0 Å². The minimum absolute atomic E-state index is 0.325. The van der Waals surface area contributed by atoms with Crippen molar-refractivity contribution < 1.29 is 27.8 Å². The Labute approximate surface area is 190 Å². The van der Waals surface area contributed by atoms with Gasteiger partial charge in [0.15, 0.2) is 6.61 Å². The molecular weight excluding hydrogens is 429 g/mol. The fraction of sp³-hybridized carbons (Fsp3) is 0.296. The molecule has 3 aromatic rings. The number of carboxylic acids is 1. The second-order valence-corrected chi connectivity index (χ2v) is 8.34. The lowest BCUT2D eigenvalue weighted by atomic mass is 9.96. The molecule has 0 fully saturated rings. The van der Waals surface area contributed by atoms with Gasteiger partial charge in [-0.3, -0.25) is 0 Å². The topological polar surface area (TPSA) is 46.5 Å². The second-order valence-electron chi connectivity index (χ2n) is 8.34. The molecule has 0 atom stereocenters. The summed E-state index contributed by atoms with van der Waals surface area (Å²) in [5, 5.41) is 8.86. The number of alkyl halides is 3. The Morgan fingerprint density at radius 2 is 1.48 bits per heavy atom. The van der Waals surface area contributed by atoms with Crippen molar-refractivity contribution in [3.8, 4) is 16.9 Å². The number of hydrogen-bond donors (Lipinski definition) is 1. The zero-order valence-electron chi connectivity index (χ0n) is 18.1. The number of ether oxygens (including phenoxy) is 1. The highest BCUT2D eigenvalue weighted by atomic mass is 19.4. The largest absolute Gasteiger partial charge is 0.482 e. The van der Waals surface area contributed by atoms with Crippen molar-refractivity contribution in [2.45, 2.75) is 44.7 Å². The van der Waals surface area contributed by atoms with E-state index in [1.807, 2.05) is 30.3 Å². The standard InChI is InChI=1S/C27H25F3O3/c28-27(29,30)22-14-11-20(12-15-22)19-9-7-18(8-10-19)3-1-4-21-13-16-25(33-17-26(31)32)24-6-2-5-23(21)24/h7-16H,1-6,17H2,(H,31,32). The van der Waals surface area contributed by atoms with Gasteiger partial charge in [0.2, 0.25) is 0 Å². The molecule has 0 bridgehead atoms. The van der Waals surface area contributed by atoms with Gasteiger partial charge in [-0.05, 0) is 90.1 Å². The van der Waals surface area contributed by atoms with Crippen LogP contribution in [0.1, 0.15) is 40.7 Å². The molecule has 33 heavy (non-hydrogen) atoms. The van der Waals surface area contributed by atoms with Gasteiger partial charge in [-0.15, -0.1) is 0 Å². The third kappa shape index (κ3) is 5.56. The molecule has 4 rings (SSSR count). The zero-order chi connectivity index (χ0) is 23.4. The Balaban J connectivity index is 1.36. The van der Waals surface area contributed by atoms with Crippen LogP contribution in [0.4, 0.5) is 13.2 Å². The first kappa shape index (κ1) is 22.9. The van der Waals surface area contributed by atoms with Gasteiger partial charge in [-0.2, -0.15) is 13.2 Å². The van der Waals surface area contributed by atoms with E-state index in [-0.39, 0.29) is 6.61 Å². The monoisotopic (exact) mass is 454 g/mol.